The van der Waals surface area contributed by atoms with E-state index in [1.54, 1.807) is 0 Å². The molecule has 0 aliphatic carbocycles. The fraction of sp³-hybridized carbons (Fsp3) is 0.133. The molecule has 0 amide bonds. The number of alkyl halides is 3. The number of thioether (sulfide) groups is 1. The molecule has 0 aliphatic rings. The number of phenols is 1. The first-order valence-corrected chi connectivity index (χ1v) is 8.08. The molecule has 1 N–H and O–H groups in total. The Morgan fingerprint density at radius 1 is 1.28 bits per heavy atom. The lowest BCUT2D eigenvalue weighted by atomic mass is 10.1. The van der Waals surface area contributed by atoms with Crippen LogP contribution in [0.2, 0.25) is 5.02 Å². The molecule has 0 spiro atoms. The van der Waals surface area contributed by atoms with Crippen LogP contribution >= 0.6 is 23.4 Å². The smallest absolute Gasteiger partial charge is 0.433 e. The zero-order valence-electron chi connectivity index (χ0n) is 12.2. The van der Waals surface area contributed by atoms with Crippen molar-refractivity contribution >= 4 is 34.3 Å². The van der Waals surface area contributed by atoms with Crippen molar-refractivity contribution in [1.29, 1.82) is 0 Å². The van der Waals surface area contributed by atoms with Gasteiger partial charge in [0.25, 0.3) is 0 Å². The summed E-state index contributed by atoms with van der Waals surface area (Å²) in [6.45, 7) is 0. The highest BCUT2D eigenvalue weighted by Crippen LogP contribution is 2.33. The lowest BCUT2D eigenvalue weighted by molar-refractivity contribution is -0.141. The van der Waals surface area contributed by atoms with E-state index < -0.39 is 17.5 Å². The highest BCUT2D eigenvalue weighted by Gasteiger charge is 2.32. The van der Waals surface area contributed by atoms with Crippen molar-refractivity contribution in [2.75, 3.05) is 0 Å². The van der Waals surface area contributed by atoms with Gasteiger partial charge in [-0.1, -0.05) is 23.4 Å². The van der Waals surface area contributed by atoms with E-state index in [0.29, 0.717) is 10.9 Å². The summed E-state index contributed by atoms with van der Waals surface area (Å²) in [6.07, 6.45) is -3.55. The maximum absolute atomic E-state index is 12.7. The van der Waals surface area contributed by atoms with Crippen LogP contribution in [0.3, 0.4) is 0 Å². The highest BCUT2D eigenvalue weighted by molar-refractivity contribution is 7.98. The van der Waals surface area contributed by atoms with Crippen LogP contribution in [-0.4, -0.2) is 15.1 Å². The predicted molar refractivity (Wildman–Crippen MR) is 85.8 cm³/mol. The minimum Gasteiger partial charge on any atom is -0.506 e. The molecule has 0 radical (unpaired) electrons. The van der Waals surface area contributed by atoms with Gasteiger partial charge in [0.05, 0.1) is 5.02 Å². The van der Waals surface area contributed by atoms with Crippen molar-refractivity contribution in [2.24, 2.45) is 0 Å². The number of hydrogen-bond acceptors (Lipinski definition) is 6. The molecule has 5 nitrogen and oxygen atoms in total. The van der Waals surface area contributed by atoms with E-state index in [4.69, 9.17) is 16.0 Å². The van der Waals surface area contributed by atoms with Crippen LogP contribution in [-0.2, 0) is 11.9 Å². The molecule has 0 saturated heterocycles. The SMILES string of the molecule is O=c1cc(CSc2nccc(C(F)(F)F)n2)c2cc(Cl)c(O)cc2o1. The molecule has 0 saturated carbocycles. The Kier molecular flexibility index (Phi) is 4.61. The van der Waals surface area contributed by atoms with Crippen LogP contribution in [0.4, 0.5) is 13.2 Å². The average molecular weight is 389 g/mol. The topological polar surface area (TPSA) is 76.2 Å². The van der Waals surface area contributed by atoms with Gasteiger partial charge in [0.15, 0.2) is 5.16 Å². The summed E-state index contributed by atoms with van der Waals surface area (Å²) in [7, 11) is 0. The largest absolute Gasteiger partial charge is 0.506 e. The van der Waals surface area contributed by atoms with Crippen LogP contribution in [0.25, 0.3) is 11.0 Å². The van der Waals surface area contributed by atoms with E-state index in [-0.39, 0.29) is 27.3 Å². The van der Waals surface area contributed by atoms with Gasteiger partial charge in [0.1, 0.15) is 17.0 Å². The summed E-state index contributed by atoms with van der Waals surface area (Å²) < 4.78 is 43.0. The molecular weight excluding hydrogens is 381 g/mol. The molecule has 130 valence electrons. The second-order valence-electron chi connectivity index (χ2n) is 4.90. The van der Waals surface area contributed by atoms with E-state index in [1.165, 1.54) is 18.2 Å². The van der Waals surface area contributed by atoms with Gasteiger partial charge >= 0.3 is 11.8 Å². The Labute approximate surface area is 147 Å². The highest BCUT2D eigenvalue weighted by atomic mass is 35.5. The Hall–Kier alpha value is -2.26. The Morgan fingerprint density at radius 2 is 2.04 bits per heavy atom. The molecule has 3 aromatic rings. The minimum atomic E-state index is -4.57. The van der Waals surface area contributed by atoms with E-state index in [1.807, 2.05) is 0 Å². The molecule has 0 bridgehead atoms. The summed E-state index contributed by atoms with van der Waals surface area (Å²) in [5, 5.41) is 10.0. The third-order valence-corrected chi connectivity index (χ3v) is 4.39. The number of benzene rings is 1. The Balaban J connectivity index is 1.94. The first-order chi connectivity index (χ1) is 11.7. The number of hydrogen-bond donors (Lipinski definition) is 1. The first-order valence-electron chi connectivity index (χ1n) is 6.72. The van der Waals surface area contributed by atoms with Gasteiger partial charge in [-0.3, -0.25) is 0 Å². The monoisotopic (exact) mass is 388 g/mol. The van der Waals surface area contributed by atoms with Gasteiger partial charge < -0.3 is 9.52 Å². The number of aromatic hydroxyl groups is 1. The van der Waals surface area contributed by atoms with Crippen molar-refractivity contribution in [1.82, 2.24) is 9.97 Å². The number of halogens is 4. The summed E-state index contributed by atoms with van der Waals surface area (Å²) in [5.74, 6) is -0.131. The zero-order valence-corrected chi connectivity index (χ0v) is 13.7. The van der Waals surface area contributed by atoms with Crippen LogP contribution in [0.15, 0.2) is 44.8 Å². The third kappa shape index (κ3) is 3.88. The summed E-state index contributed by atoms with van der Waals surface area (Å²) in [4.78, 5) is 18.9. The fourth-order valence-corrected chi connectivity index (χ4v) is 3.05. The van der Waals surface area contributed by atoms with Gasteiger partial charge in [0, 0.05) is 29.5 Å². The van der Waals surface area contributed by atoms with Crippen LogP contribution in [0, 0.1) is 0 Å². The zero-order chi connectivity index (χ0) is 18.2. The van der Waals surface area contributed by atoms with E-state index in [0.717, 1.165) is 24.0 Å². The summed E-state index contributed by atoms with van der Waals surface area (Å²) in [5.41, 5.74) is -1.11. The molecule has 0 unspecified atom stereocenters. The maximum atomic E-state index is 12.7. The van der Waals surface area contributed by atoms with Crippen molar-refractivity contribution in [3.05, 3.63) is 57.2 Å². The van der Waals surface area contributed by atoms with Crippen LogP contribution in [0.1, 0.15) is 11.3 Å². The first kappa shape index (κ1) is 17.6. The molecular formula is C15H8ClF3N2O3S. The van der Waals surface area contributed by atoms with Gasteiger partial charge in [-0.2, -0.15) is 13.2 Å². The second kappa shape index (κ2) is 6.57. The van der Waals surface area contributed by atoms with Crippen LogP contribution < -0.4 is 5.63 Å². The molecule has 25 heavy (non-hydrogen) atoms. The molecule has 0 aliphatic heterocycles. The lowest BCUT2D eigenvalue weighted by Crippen LogP contribution is -2.08. The van der Waals surface area contributed by atoms with Gasteiger partial charge in [-0.15, -0.1) is 0 Å². The molecule has 2 aromatic heterocycles. The minimum absolute atomic E-state index is 0.0583. The quantitative estimate of drug-likeness (QED) is 0.410. The average Bonchev–Trinajstić information content (AvgIpc) is 2.54. The fourth-order valence-electron chi connectivity index (χ4n) is 2.07. The Bertz CT molecular complexity index is 1010. The third-order valence-electron chi connectivity index (χ3n) is 3.18. The number of rotatable bonds is 3. The van der Waals surface area contributed by atoms with Crippen molar-refractivity contribution in [2.45, 2.75) is 17.1 Å². The normalized spacial score (nSPS) is 11.8. The molecule has 1 aromatic carbocycles. The number of aromatic nitrogens is 2. The molecule has 0 atom stereocenters. The number of fused-ring (bicyclic) bond motifs is 1. The lowest BCUT2D eigenvalue weighted by Gasteiger charge is -2.08. The summed E-state index contributed by atoms with van der Waals surface area (Å²) in [6, 6.07) is 4.60. The van der Waals surface area contributed by atoms with E-state index in [9.17, 15) is 23.1 Å². The Morgan fingerprint density at radius 3 is 2.76 bits per heavy atom. The van der Waals surface area contributed by atoms with E-state index in [2.05, 4.69) is 9.97 Å². The van der Waals surface area contributed by atoms with Crippen molar-refractivity contribution in [3.8, 4) is 5.75 Å². The molecule has 10 heteroatoms. The molecule has 3 rings (SSSR count). The maximum Gasteiger partial charge on any atom is 0.433 e. The molecule has 2 heterocycles. The summed E-state index contributed by atoms with van der Waals surface area (Å²) >= 11 is 6.79. The number of phenolic OH excluding ortho intramolecular Hbond substituents is 1. The van der Waals surface area contributed by atoms with Gasteiger partial charge in [-0.25, -0.2) is 14.8 Å². The number of nitrogens with zero attached hydrogens (tertiary/aromatic N) is 2. The standard InChI is InChI=1S/C15H8ClF3N2O3S/c16-9-4-8-7(3-13(23)24-11(8)5-10(9)22)6-25-14-20-2-1-12(21-14)15(17,18)19/h1-5,22H,6H2. The second-order valence-corrected chi connectivity index (χ2v) is 6.25. The predicted octanol–water partition coefficient (Wildman–Crippen LogP) is 4.25. The van der Waals surface area contributed by atoms with Crippen molar-refractivity contribution in [3.63, 3.8) is 0 Å². The van der Waals surface area contributed by atoms with Crippen LogP contribution in [0.5, 0.6) is 5.75 Å². The van der Waals surface area contributed by atoms with E-state index >= 15 is 0 Å². The van der Waals surface area contributed by atoms with Gasteiger partial charge in [-0.05, 0) is 17.7 Å². The van der Waals surface area contributed by atoms with Crippen molar-refractivity contribution < 1.29 is 22.7 Å². The molecule has 0 fully saturated rings. The van der Waals surface area contributed by atoms with Gasteiger partial charge in [0.2, 0.25) is 0 Å².